The number of H-pyrrole nitrogens is 1. The van der Waals surface area contributed by atoms with E-state index in [1.54, 1.807) is 9.80 Å². The second kappa shape index (κ2) is 11.2. The molecule has 43 heavy (non-hydrogen) atoms. The largest absolute Gasteiger partial charge is 0.311 e. The van der Waals surface area contributed by atoms with Crippen LogP contribution in [0.3, 0.4) is 0 Å². The molecule has 3 amide bonds. The number of nitrogens with zero attached hydrogens (tertiary/aromatic N) is 4. The molecule has 0 aliphatic carbocycles. The minimum absolute atomic E-state index is 0.0935. The normalized spacial score (nSPS) is 16.9. The molecule has 2 aliphatic rings. The molecule has 0 saturated heterocycles. The van der Waals surface area contributed by atoms with Crippen molar-refractivity contribution in [1.29, 1.82) is 0 Å². The highest BCUT2D eigenvalue weighted by Crippen LogP contribution is 2.40. The summed E-state index contributed by atoms with van der Waals surface area (Å²) in [5, 5.41) is 8.37. The number of fused-ring (bicyclic) bond motifs is 3. The van der Waals surface area contributed by atoms with Gasteiger partial charge in [0, 0.05) is 29.7 Å². The minimum atomic E-state index is -1.09. The highest BCUT2D eigenvalue weighted by molar-refractivity contribution is 6.21. The van der Waals surface area contributed by atoms with Crippen molar-refractivity contribution in [3.63, 3.8) is 0 Å². The van der Waals surface area contributed by atoms with E-state index in [4.69, 9.17) is 0 Å². The van der Waals surface area contributed by atoms with Crippen molar-refractivity contribution < 1.29 is 14.4 Å². The van der Waals surface area contributed by atoms with E-state index in [9.17, 15) is 14.4 Å². The first-order valence-corrected chi connectivity index (χ1v) is 14.7. The Labute approximate surface area is 249 Å². The van der Waals surface area contributed by atoms with Gasteiger partial charge in [-0.05, 0) is 61.2 Å². The van der Waals surface area contributed by atoms with Crippen molar-refractivity contribution in [2.75, 3.05) is 27.8 Å². The van der Waals surface area contributed by atoms with Crippen LogP contribution in [0, 0.1) is 5.92 Å². The average molecular weight is 570 g/mol. The van der Waals surface area contributed by atoms with Crippen molar-refractivity contribution in [2.24, 2.45) is 5.92 Å². The maximum absolute atomic E-state index is 14.6. The van der Waals surface area contributed by atoms with Crippen molar-refractivity contribution in [3.05, 3.63) is 114 Å². The van der Waals surface area contributed by atoms with E-state index >= 15 is 0 Å². The molecule has 0 saturated carbocycles. The minimum Gasteiger partial charge on any atom is -0.311 e. The SMILES string of the molecule is O=C(CN1C(=O)[C@H](Cc2n[nH]c3ccccc23)C(=O)N(c2ccccc2)c2ccccc21)N1CCCCc2ccccc21. The van der Waals surface area contributed by atoms with Crippen LogP contribution in [-0.2, 0) is 27.2 Å². The van der Waals surface area contributed by atoms with Gasteiger partial charge >= 0.3 is 0 Å². The molecule has 1 atom stereocenters. The molecule has 8 heteroatoms. The summed E-state index contributed by atoms with van der Waals surface area (Å²) in [6.45, 7) is 0.398. The monoisotopic (exact) mass is 569 g/mol. The Balaban J connectivity index is 1.32. The van der Waals surface area contributed by atoms with E-state index < -0.39 is 11.8 Å². The van der Waals surface area contributed by atoms with Crippen LogP contribution in [0.4, 0.5) is 22.7 Å². The van der Waals surface area contributed by atoms with Gasteiger partial charge in [0.2, 0.25) is 17.7 Å². The van der Waals surface area contributed by atoms with Crippen LogP contribution in [0.25, 0.3) is 10.9 Å². The predicted molar refractivity (Wildman–Crippen MR) is 167 cm³/mol. The summed E-state index contributed by atoms with van der Waals surface area (Å²) in [4.78, 5) is 48.0. The first-order valence-electron chi connectivity index (χ1n) is 14.7. The number of carbonyl (C=O) groups is 3. The third-order valence-electron chi connectivity index (χ3n) is 8.41. The van der Waals surface area contributed by atoms with Gasteiger partial charge in [-0.2, -0.15) is 5.10 Å². The van der Waals surface area contributed by atoms with Gasteiger partial charge in [0.05, 0.1) is 22.6 Å². The van der Waals surface area contributed by atoms with E-state index in [2.05, 4.69) is 16.3 Å². The standard InChI is InChI=1S/C35H31N5O3/c41-33(38-21-11-10-13-24-12-4-7-18-30(24)38)23-39-31-19-8-9-20-32(31)40(25-14-2-1-3-15-25)35(43)27(34(39)42)22-29-26-16-5-6-17-28(26)36-37-29/h1-9,12,14-20,27H,10-11,13,21-23H2,(H,36,37)/t27-/m0/s1. The molecule has 7 rings (SSSR count). The molecule has 8 nitrogen and oxygen atoms in total. The third kappa shape index (κ3) is 4.84. The summed E-state index contributed by atoms with van der Waals surface area (Å²) >= 11 is 0. The van der Waals surface area contributed by atoms with Gasteiger partial charge in [-0.3, -0.25) is 24.4 Å². The number of aromatic amines is 1. The highest BCUT2D eigenvalue weighted by Gasteiger charge is 2.42. The zero-order chi connectivity index (χ0) is 29.3. The maximum atomic E-state index is 14.6. The van der Waals surface area contributed by atoms with Gasteiger partial charge in [0.15, 0.2) is 0 Å². The number of amides is 3. The average Bonchev–Trinajstić information content (AvgIpc) is 3.29. The van der Waals surface area contributed by atoms with Crippen LogP contribution in [0.1, 0.15) is 24.1 Å². The fourth-order valence-electron chi connectivity index (χ4n) is 6.29. The molecule has 3 heterocycles. The summed E-state index contributed by atoms with van der Waals surface area (Å²) in [6, 6.07) is 32.3. The molecule has 0 spiro atoms. The lowest BCUT2D eigenvalue weighted by Gasteiger charge is -2.29. The van der Waals surface area contributed by atoms with Gasteiger partial charge in [0.25, 0.3) is 0 Å². The maximum Gasteiger partial charge on any atom is 0.247 e. The third-order valence-corrected chi connectivity index (χ3v) is 8.41. The Morgan fingerprint density at radius 2 is 1.47 bits per heavy atom. The molecule has 0 fully saturated rings. The number of benzene rings is 4. The number of aryl methyl sites for hydroxylation is 1. The number of aromatic nitrogens is 2. The number of carbonyl (C=O) groups excluding carboxylic acids is 3. The molecular weight excluding hydrogens is 538 g/mol. The van der Waals surface area contributed by atoms with Crippen molar-refractivity contribution in [3.8, 4) is 0 Å². The van der Waals surface area contributed by atoms with Crippen molar-refractivity contribution >= 4 is 51.4 Å². The summed E-state index contributed by atoms with van der Waals surface area (Å²) in [5.41, 5.74) is 5.22. The molecule has 0 bridgehead atoms. The van der Waals surface area contributed by atoms with E-state index in [0.717, 1.165) is 41.4 Å². The summed E-state index contributed by atoms with van der Waals surface area (Å²) < 4.78 is 0. The smallest absolute Gasteiger partial charge is 0.247 e. The summed E-state index contributed by atoms with van der Waals surface area (Å²) in [5.74, 6) is -2.05. The van der Waals surface area contributed by atoms with Gasteiger partial charge in [-0.25, -0.2) is 0 Å². The van der Waals surface area contributed by atoms with E-state index in [0.29, 0.717) is 29.3 Å². The number of hydrogen-bond donors (Lipinski definition) is 1. The van der Waals surface area contributed by atoms with Gasteiger partial charge < -0.3 is 9.80 Å². The van der Waals surface area contributed by atoms with Crippen LogP contribution in [0.5, 0.6) is 0 Å². The number of anilines is 4. The summed E-state index contributed by atoms with van der Waals surface area (Å²) in [6.07, 6.45) is 2.87. The Morgan fingerprint density at radius 3 is 2.30 bits per heavy atom. The quantitative estimate of drug-likeness (QED) is 0.271. The molecule has 5 aromatic rings. The number of rotatable bonds is 5. The van der Waals surface area contributed by atoms with Crippen LogP contribution >= 0.6 is 0 Å². The lowest BCUT2D eigenvalue weighted by Crippen LogP contribution is -2.47. The molecule has 0 radical (unpaired) electrons. The Kier molecular flexibility index (Phi) is 6.95. The predicted octanol–water partition coefficient (Wildman–Crippen LogP) is 5.80. The second-order valence-electron chi connectivity index (χ2n) is 11.0. The topological polar surface area (TPSA) is 89.6 Å². The lowest BCUT2D eigenvalue weighted by atomic mass is 9.98. The molecule has 1 aromatic heterocycles. The highest BCUT2D eigenvalue weighted by atomic mass is 16.2. The van der Waals surface area contributed by atoms with Gasteiger partial charge in [-0.15, -0.1) is 0 Å². The van der Waals surface area contributed by atoms with E-state index in [1.165, 1.54) is 4.90 Å². The number of nitrogens with one attached hydrogen (secondary N) is 1. The molecular formula is C35H31N5O3. The van der Waals surface area contributed by atoms with Crippen molar-refractivity contribution in [2.45, 2.75) is 25.7 Å². The van der Waals surface area contributed by atoms with Crippen molar-refractivity contribution in [1.82, 2.24) is 10.2 Å². The van der Waals surface area contributed by atoms with Crippen LogP contribution in [0.2, 0.25) is 0 Å². The Morgan fingerprint density at radius 1 is 0.767 bits per heavy atom. The van der Waals surface area contributed by atoms with Crippen LogP contribution < -0.4 is 14.7 Å². The van der Waals surface area contributed by atoms with E-state index in [-0.39, 0.29) is 24.8 Å². The van der Waals surface area contributed by atoms with Crippen LogP contribution in [-0.4, -0.2) is 41.0 Å². The first kappa shape index (κ1) is 26.6. The Hall–Kier alpha value is -5.24. The van der Waals surface area contributed by atoms with Gasteiger partial charge in [-0.1, -0.05) is 66.7 Å². The summed E-state index contributed by atoms with van der Waals surface area (Å²) in [7, 11) is 0. The Bertz CT molecular complexity index is 1830. The number of hydrogen-bond acceptors (Lipinski definition) is 4. The lowest BCUT2D eigenvalue weighted by molar-refractivity contribution is -0.132. The molecule has 0 unspecified atom stereocenters. The van der Waals surface area contributed by atoms with E-state index in [1.807, 2.05) is 97.1 Å². The first-order chi connectivity index (χ1) is 21.1. The zero-order valence-corrected chi connectivity index (χ0v) is 23.6. The second-order valence-corrected chi connectivity index (χ2v) is 11.0. The molecule has 1 N–H and O–H groups in total. The van der Waals surface area contributed by atoms with Crippen LogP contribution in [0.15, 0.2) is 103 Å². The fourth-order valence-corrected chi connectivity index (χ4v) is 6.29. The van der Waals surface area contributed by atoms with Gasteiger partial charge in [0.1, 0.15) is 12.5 Å². The zero-order valence-electron chi connectivity index (χ0n) is 23.6. The molecule has 4 aromatic carbocycles. The number of para-hydroxylation sites is 5. The molecule has 2 aliphatic heterocycles. The molecule has 214 valence electrons. The fraction of sp³-hybridized carbons (Fsp3) is 0.200.